The molecule has 3 unspecified atom stereocenters. The standard InChI is InChI=1S/C31H48O3/c1-9-11-25(26(10-2)29(33)14-21(7)32)15-23-16-28-27(20(5)6)18-24(13-12-19(3)4)22(8)31(28)30(34)17-23/h18-20,23,25-26H,9-17H2,1-8H3. The third-order valence-electron chi connectivity index (χ3n) is 7.84. The molecule has 3 atom stereocenters. The van der Waals surface area contributed by atoms with Gasteiger partial charge in [-0.15, -0.1) is 0 Å². The molecule has 0 saturated heterocycles. The highest BCUT2D eigenvalue weighted by atomic mass is 16.1. The maximum atomic E-state index is 13.5. The normalized spacial score (nSPS) is 17.7. The van der Waals surface area contributed by atoms with Crippen molar-refractivity contribution >= 4 is 17.3 Å². The summed E-state index contributed by atoms with van der Waals surface area (Å²) in [6.45, 7) is 16.8. The van der Waals surface area contributed by atoms with Crippen LogP contribution >= 0.6 is 0 Å². The van der Waals surface area contributed by atoms with E-state index in [4.69, 9.17) is 0 Å². The molecule has 3 nitrogen and oxygen atoms in total. The maximum Gasteiger partial charge on any atom is 0.163 e. The van der Waals surface area contributed by atoms with Crippen LogP contribution in [0.3, 0.4) is 0 Å². The molecular formula is C31H48O3. The van der Waals surface area contributed by atoms with Crippen LogP contribution in [0.2, 0.25) is 0 Å². The van der Waals surface area contributed by atoms with E-state index in [-0.39, 0.29) is 41.5 Å². The second kappa shape index (κ2) is 12.8. The summed E-state index contributed by atoms with van der Waals surface area (Å²) in [6, 6.07) is 2.38. The Bertz CT molecular complexity index is 877. The fourth-order valence-electron chi connectivity index (χ4n) is 6.10. The minimum absolute atomic E-state index is 0.0427. The lowest BCUT2D eigenvalue weighted by atomic mass is 9.70. The number of hydrogen-bond acceptors (Lipinski definition) is 3. The molecule has 0 radical (unpaired) electrons. The van der Waals surface area contributed by atoms with Crippen LogP contribution in [-0.2, 0) is 22.4 Å². The van der Waals surface area contributed by atoms with Gasteiger partial charge in [-0.1, -0.05) is 60.5 Å². The number of carbonyl (C=O) groups excluding carboxylic acids is 3. The van der Waals surface area contributed by atoms with Gasteiger partial charge in [0.15, 0.2) is 5.78 Å². The Morgan fingerprint density at radius 3 is 2.26 bits per heavy atom. The fraction of sp³-hybridized carbons (Fsp3) is 0.710. The SMILES string of the molecule is CCCC(CC1CC(=O)c2c(C)c(CCC(C)C)cc(C(C)C)c2C1)C(CC)C(=O)CC(C)=O. The van der Waals surface area contributed by atoms with Crippen LogP contribution in [0.25, 0.3) is 0 Å². The molecule has 2 rings (SSSR count). The monoisotopic (exact) mass is 468 g/mol. The van der Waals surface area contributed by atoms with Gasteiger partial charge in [0, 0.05) is 17.9 Å². The van der Waals surface area contributed by atoms with Crippen LogP contribution in [0.5, 0.6) is 0 Å². The molecule has 0 aromatic heterocycles. The highest BCUT2D eigenvalue weighted by Gasteiger charge is 2.34. The van der Waals surface area contributed by atoms with Crippen LogP contribution in [0, 0.1) is 30.6 Å². The van der Waals surface area contributed by atoms with Gasteiger partial charge in [-0.05, 0) is 91.9 Å². The maximum absolute atomic E-state index is 13.5. The van der Waals surface area contributed by atoms with Gasteiger partial charge in [0.05, 0.1) is 6.42 Å². The predicted octanol–water partition coefficient (Wildman–Crippen LogP) is 7.83. The Balaban J connectivity index is 2.36. The Morgan fingerprint density at radius 1 is 1.06 bits per heavy atom. The predicted molar refractivity (Wildman–Crippen MR) is 142 cm³/mol. The molecule has 1 aromatic rings. The summed E-state index contributed by atoms with van der Waals surface area (Å²) < 4.78 is 0. The molecule has 190 valence electrons. The molecule has 3 heteroatoms. The van der Waals surface area contributed by atoms with E-state index in [9.17, 15) is 14.4 Å². The van der Waals surface area contributed by atoms with Crippen LogP contribution in [0.15, 0.2) is 6.07 Å². The minimum atomic E-state index is -0.0786. The molecule has 0 amide bonds. The van der Waals surface area contributed by atoms with Gasteiger partial charge in [-0.25, -0.2) is 0 Å². The van der Waals surface area contributed by atoms with E-state index in [1.165, 1.54) is 29.2 Å². The topological polar surface area (TPSA) is 51.2 Å². The van der Waals surface area contributed by atoms with Crippen molar-refractivity contribution in [3.05, 3.63) is 33.9 Å². The molecule has 0 heterocycles. The number of Topliss-reactive ketones (excluding diaryl/α,β-unsaturated/α-hetero) is 3. The Kier molecular flexibility index (Phi) is 10.7. The summed E-state index contributed by atoms with van der Waals surface area (Å²) in [5, 5.41) is 0. The van der Waals surface area contributed by atoms with Gasteiger partial charge in [0.25, 0.3) is 0 Å². The van der Waals surface area contributed by atoms with Crippen molar-refractivity contribution < 1.29 is 14.4 Å². The molecule has 1 aromatic carbocycles. The van der Waals surface area contributed by atoms with Gasteiger partial charge < -0.3 is 0 Å². The zero-order chi connectivity index (χ0) is 25.6. The third-order valence-corrected chi connectivity index (χ3v) is 7.84. The lowest BCUT2D eigenvalue weighted by molar-refractivity contribution is -0.129. The van der Waals surface area contributed by atoms with Crippen molar-refractivity contribution in [2.75, 3.05) is 0 Å². The number of aryl methyl sites for hydroxylation is 1. The number of rotatable bonds is 13. The number of ketones is 3. The van der Waals surface area contributed by atoms with E-state index in [0.29, 0.717) is 18.3 Å². The molecule has 0 N–H and O–H groups in total. The number of benzene rings is 1. The second-order valence-corrected chi connectivity index (χ2v) is 11.5. The molecule has 0 spiro atoms. The first-order valence-corrected chi connectivity index (χ1v) is 13.7. The van der Waals surface area contributed by atoms with E-state index in [2.05, 4.69) is 54.5 Å². The van der Waals surface area contributed by atoms with Gasteiger partial charge in [0.2, 0.25) is 0 Å². The molecule has 0 aliphatic heterocycles. The summed E-state index contributed by atoms with van der Waals surface area (Å²) in [5.74, 6) is 1.79. The quantitative estimate of drug-likeness (QED) is 0.277. The smallest absolute Gasteiger partial charge is 0.163 e. The zero-order valence-corrected chi connectivity index (χ0v) is 23.1. The van der Waals surface area contributed by atoms with E-state index >= 15 is 0 Å². The minimum Gasteiger partial charge on any atom is -0.300 e. The lowest BCUT2D eigenvalue weighted by Crippen LogP contribution is -2.30. The van der Waals surface area contributed by atoms with Crippen molar-refractivity contribution in [3.8, 4) is 0 Å². The average Bonchev–Trinajstić information content (AvgIpc) is 2.72. The molecule has 0 saturated carbocycles. The third kappa shape index (κ3) is 7.12. The first-order chi connectivity index (χ1) is 16.0. The number of hydrogen-bond donors (Lipinski definition) is 0. The van der Waals surface area contributed by atoms with E-state index < -0.39 is 0 Å². The number of carbonyl (C=O) groups is 3. The van der Waals surface area contributed by atoms with E-state index in [0.717, 1.165) is 50.5 Å². The van der Waals surface area contributed by atoms with Crippen molar-refractivity contribution in [3.63, 3.8) is 0 Å². The summed E-state index contributed by atoms with van der Waals surface area (Å²) in [7, 11) is 0. The summed E-state index contributed by atoms with van der Waals surface area (Å²) in [6.07, 6.45) is 7.37. The van der Waals surface area contributed by atoms with Crippen molar-refractivity contribution in [1.82, 2.24) is 0 Å². The van der Waals surface area contributed by atoms with E-state index in [1.54, 1.807) is 0 Å². The van der Waals surface area contributed by atoms with Crippen LogP contribution in [-0.4, -0.2) is 17.3 Å². The zero-order valence-electron chi connectivity index (χ0n) is 23.1. The van der Waals surface area contributed by atoms with Gasteiger partial charge >= 0.3 is 0 Å². The van der Waals surface area contributed by atoms with Gasteiger partial charge in [-0.3, -0.25) is 14.4 Å². The van der Waals surface area contributed by atoms with Crippen molar-refractivity contribution in [1.29, 1.82) is 0 Å². The Morgan fingerprint density at radius 2 is 1.74 bits per heavy atom. The first kappa shape index (κ1) is 28.5. The van der Waals surface area contributed by atoms with Crippen LogP contribution in [0.4, 0.5) is 0 Å². The molecule has 1 aliphatic carbocycles. The molecule has 1 aliphatic rings. The molecule has 34 heavy (non-hydrogen) atoms. The van der Waals surface area contributed by atoms with E-state index in [1.807, 2.05) is 0 Å². The first-order valence-electron chi connectivity index (χ1n) is 13.7. The lowest BCUT2D eigenvalue weighted by Gasteiger charge is -2.33. The largest absolute Gasteiger partial charge is 0.300 e. The number of fused-ring (bicyclic) bond motifs is 1. The molecular weight excluding hydrogens is 420 g/mol. The second-order valence-electron chi connectivity index (χ2n) is 11.5. The highest BCUT2D eigenvalue weighted by Crippen LogP contribution is 2.40. The molecule has 0 fully saturated rings. The van der Waals surface area contributed by atoms with Crippen LogP contribution < -0.4 is 0 Å². The summed E-state index contributed by atoms with van der Waals surface area (Å²) in [5.41, 5.74) is 6.13. The summed E-state index contributed by atoms with van der Waals surface area (Å²) >= 11 is 0. The fourth-order valence-corrected chi connectivity index (χ4v) is 6.10. The average molecular weight is 469 g/mol. The Labute approximate surface area is 208 Å². The Hall–Kier alpha value is -1.77. The van der Waals surface area contributed by atoms with Crippen molar-refractivity contribution in [2.45, 2.75) is 119 Å². The van der Waals surface area contributed by atoms with Gasteiger partial charge in [-0.2, -0.15) is 0 Å². The summed E-state index contributed by atoms with van der Waals surface area (Å²) in [4.78, 5) is 38.0. The molecule has 0 bridgehead atoms. The van der Waals surface area contributed by atoms with Gasteiger partial charge in [0.1, 0.15) is 11.6 Å². The highest BCUT2D eigenvalue weighted by molar-refractivity contribution is 6.01. The van der Waals surface area contributed by atoms with Crippen molar-refractivity contribution in [2.24, 2.45) is 23.7 Å². The van der Waals surface area contributed by atoms with Crippen LogP contribution in [0.1, 0.15) is 132 Å².